The van der Waals surface area contributed by atoms with Gasteiger partial charge in [0.05, 0.1) is 0 Å². The van der Waals surface area contributed by atoms with E-state index in [-0.39, 0.29) is 0 Å². The third-order valence-electron chi connectivity index (χ3n) is 2.78. The van der Waals surface area contributed by atoms with Gasteiger partial charge in [0.15, 0.2) is 0 Å². The van der Waals surface area contributed by atoms with Crippen molar-refractivity contribution in [1.29, 1.82) is 0 Å². The summed E-state index contributed by atoms with van der Waals surface area (Å²) in [4.78, 5) is 2.39. The van der Waals surface area contributed by atoms with E-state index in [0.29, 0.717) is 6.04 Å². The molecule has 1 atom stereocenters. The number of hydrogen-bond acceptors (Lipinski definition) is 2. The first-order valence-electron chi connectivity index (χ1n) is 5.30. The highest BCUT2D eigenvalue weighted by molar-refractivity contribution is 5.16. The second kappa shape index (κ2) is 4.58. The molecule has 14 heavy (non-hydrogen) atoms. The van der Waals surface area contributed by atoms with Gasteiger partial charge in [0, 0.05) is 25.7 Å². The van der Waals surface area contributed by atoms with Crippen LogP contribution in [0, 0.1) is 0 Å². The Morgan fingerprint density at radius 2 is 2.14 bits per heavy atom. The van der Waals surface area contributed by atoms with Gasteiger partial charge in [-0.05, 0) is 19.0 Å². The van der Waals surface area contributed by atoms with E-state index in [9.17, 15) is 0 Å². The predicted octanol–water partition coefficient (Wildman–Crippen LogP) is 1.13. The molecule has 0 radical (unpaired) electrons. The van der Waals surface area contributed by atoms with Crippen molar-refractivity contribution in [1.82, 2.24) is 10.2 Å². The van der Waals surface area contributed by atoms with Gasteiger partial charge in [-0.3, -0.25) is 0 Å². The quantitative estimate of drug-likeness (QED) is 0.752. The maximum atomic E-state index is 3.56. The zero-order valence-electron chi connectivity index (χ0n) is 8.74. The highest BCUT2D eigenvalue weighted by atomic mass is 15.2. The van der Waals surface area contributed by atoms with Crippen molar-refractivity contribution >= 4 is 0 Å². The van der Waals surface area contributed by atoms with Crippen molar-refractivity contribution in [2.45, 2.75) is 12.5 Å². The fourth-order valence-corrected chi connectivity index (χ4v) is 2.03. The van der Waals surface area contributed by atoms with E-state index in [2.05, 4.69) is 47.6 Å². The van der Waals surface area contributed by atoms with Crippen LogP contribution in [0.5, 0.6) is 0 Å². The Balaban J connectivity index is 1.91. The standard InChI is InChI=1S/C12H18N2/c1-14-8-7-13-12(10-14)9-11-5-3-2-4-6-11/h2-6,12-13H,7-10H2,1H3/t12-/m1/s1. The smallest absolute Gasteiger partial charge is 0.0235 e. The van der Waals surface area contributed by atoms with E-state index in [1.165, 1.54) is 12.1 Å². The Hall–Kier alpha value is -0.860. The zero-order chi connectivity index (χ0) is 9.80. The molecule has 1 aromatic rings. The van der Waals surface area contributed by atoms with Gasteiger partial charge in [-0.15, -0.1) is 0 Å². The molecule has 1 saturated heterocycles. The molecule has 1 aliphatic rings. The van der Waals surface area contributed by atoms with E-state index in [1.54, 1.807) is 0 Å². The monoisotopic (exact) mass is 190 g/mol. The van der Waals surface area contributed by atoms with Crippen LogP contribution in [0.2, 0.25) is 0 Å². The molecule has 1 heterocycles. The molecule has 1 aliphatic heterocycles. The molecule has 1 N–H and O–H groups in total. The third-order valence-corrected chi connectivity index (χ3v) is 2.78. The van der Waals surface area contributed by atoms with E-state index < -0.39 is 0 Å². The maximum absolute atomic E-state index is 3.56. The highest BCUT2D eigenvalue weighted by Gasteiger charge is 2.15. The molecule has 0 aliphatic carbocycles. The van der Waals surface area contributed by atoms with Crippen molar-refractivity contribution in [2.24, 2.45) is 0 Å². The van der Waals surface area contributed by atoms with E-state index in [0.717, 1.165) is 19.5 Å². The normalized spacial score (nSPS) is 23.6. The fraction of sp³-hybridized carbons (Fsp3) is 0.500. The van der Waals surface area contributed by atoms with Crippen LogP contribution in [0.4, 0.5) is 0 Å². The molecule has 0 aromatic heterocycles. The van der Waals surface area contributed by atoms with Crippen LogP contribution in [0.1, 0.15) is 5.56 Å². The van der Waals surface area contributed by atoms with Gasteiger partial charge < -0.3 is 10.2 Å². The number of hydrogen-bond donors (Lipinski definition) is 1. The topological polar surface area (TPSA) is 15.3 Å². The van der Waals surface area contributed by atoms with Gasteiger partial charge in [0.2, 0.25) is 0 Å². The third kappa shape index (κ3) is 2.56. The minimum absolute atomic E-state index is 0.621. The van der Waals surface area contributed by atoms with Gasteiger partial charge in [-0.2, -0.15) is 0 Å². The molecule has 0 bridgehead atoms. The van der Waals surface area contributed by atoms with Gasteiger partial charge >= 0.3 is 0 Å². The predicted molar refractivity (Wildman–Crippen MR) is 59.4 cm³/mol. The van der Waals surface area contributed by atoms with Crippen LogP contribution in [0.25, 0.3) is 0 Å². The minimum Gasteiger partial charge on any atom is -0.311 e. The summed E-state index contributed by atoms with van der Waals surface area (Å²) in [6.07, 6.45) is 1.14. The van der Waals surface area contributed by atoms with Gasteiger partial charge in [-0.25, -0.2) is 0 Å². The Bertz CT molecular complexity index is 271. The molecule has 0 spiro atoms. The Morgan fingerprint density at radius 3 is 2.86 bits per heavy atom. The van der Waals surface area contributed by atoms with Crippen molar-refractivity contribution in [2.75, 3.05) is 26.7 Å². The zero-order valence-corrected chi connectivity index (χ0v) is 8.74. The van der Waals surface area contributed by atoms with Gasteiger partial charge in [0.25, 0.3) is 0 Å². The second-order valence-corrected chi connectivity index (χ2v) is 4.10. The average Bonchev–Trinajstić information content (AvgIpc) is 2.19. The molecule has 0 amide bonds. The molecule has 2 heteroatoms. The molecule has 0 unspecified atom stereocenters. The number of benzene rings is 1. The summed E-state index contributed by atoms with van der Waals surface area (Å²) in [5.41, 5.74) is 1.43. The number of likely N-dealkylation sites (N-methyl/N-ethyl adjacent to an activating group) is 1. The van der Waals surface area contributed by atoms with Crippen LogP contribution < -0.4 is 5.32 Å². The summed E-state index contributed by atoms with van der Waals surface area (Å²) in [7, 11) is 2.19. The van der Waals surface area contributed by atoms with E-state index in [4.69, 9.17) is 0 Å². The average molecular weight is 190 g/mol. The summed E-state index contributed by atoms with van der Waals surface area (Å²) in [6.45, 7) is 3.45. The molecule has 76 valence electrons. The van der Waals surface area contributed by atoms with Crippen LogP contribution >= 0.6 is 0 Å². The Kier molecular flexibility index (Phi) is 3.17. The summed E-state index contributed by atoms with van der Waals surface area (Å²) in [6, 6.07) is 11.3. The first-order valence-corrected chi connectivity index (χ1v) is 5.30. The Labute approximate surface area is 85.9 Å². The number of rotatable bonds is 2. The van der Waals surface area contributed by atoms with Gasteiger partial charge in [0.1, 0.15) is 0 Å². The van der Waals surface area contributed by atoms with Crippen LogP contribution in [0.15, 0.2) is 30.3 Å². The van der Waals surface area contributed by atoms with E-state index >= 15 is 0 Å². The SMILES string of the molecule is CN1CCN[C@H](Cc2ccccc2)C1. The second-order valence-electron chi connectivity index (χ2n) is 4.10. The van der Waals surface area contributed by atoms with Crippen LogP contribution in [-0.2, 0) is 6.42 Å². The molecule has 1 fully saturated rings. The summed E-state index contributed by atoms with van der Waals surface area (Å²) in [5, 5.41) is 3.56. The summed E-state index contributed by atoms with van der Waals surface area (Å²) < 4.78 is 0. The van der Waals surface area contributed by atoms with E-state index in [1.807, 2.05) is 0 Å². The molecule has 1 aromatic carbocycles. The first-order chi connectivity index (χ1) is 6.84. The van der Waals surface area contributed by atoms with Crippen molar-refractivity contribution < 1.29 is 0 Å². The lowest BCUT2D eigenvalue weighted by Crippen LogP contribution is -2.49. The first kappa shape index (κ1) is 9.69. The molecular weight excluding hydrogens is 172 g/mol. The number of piperazine rings is 1. The lowest BCUT2D eigenvalue weighted by molar-refractivity contribution is 0.238. The summed E-state index contributed by atoms with van der Waals surface area (Å²) in [5.74, 6) is 0. The van der Waals surface area contributed by atoms with Crippen LogP contribution in [-0.4, -0.2) is 37.6 Å². The lowest BCUT2D eigenvalue weighted by Gasteiger charge is -2.30. The Morgan fingerprint density at radius 1 is 1.36 bits per heavy atom. The molecule has 2 nitrogen and oxygen atoms in total. The fourth-order valence-electron chi connectivity index (χ4n) is 2.03. The van der Waals surface area contributed by atoms with Crippen molar-refractivity contribution in [3.8, 4) is 0 Å². The largest absolute Gasteiger partial charge is 0.311 e. The number of nitrogens with zero attached hydrogens (tertiary/aromatic N) is 1. The molecule has 0 saturated carbocycles. The van der Waals surface area contributed by atoms with Crippen molar-refractivity contribution in [3.05, 3.63) is 35.9 Å². The number of nitrogens with one attached hydrogen (secondary N) is 1. The van der Waals surface area contributed by atoms with Gasteiger partial charge in [-0.1, -0.05) is 30.3 Å². The molecular formula is C12H18N2. The van der Waals surface area contributed by atoms with Crippen LogP contribution in [0.3, 0.4) is 0 Å². The van der Waals surface area contributed by atoms with Crippen molar-refractivity contribution in [3.63, 3.8) is 0 Å². The molecule has 2 rings (SSSR count). The summed E-state index contributed by atoms with van der Waals surface area (Å²) >= 11 is 0. The minimum atomic E-state index is 0.621. The lowest BCUT2D eigenvalue weighted by atomic mass is 10.0. The maximum Gasteiger partial charge on any atom is 0.0235 e. The highest BCUT2D eigenvalue weighted by Crippen LogP contribution is 2.06.